The second-order valence-corrected chi connectivity index (χ2v) is 4.99. The Morgan fingerprint density at radius 2 is 1.89 bits per heavy atom. The molecule has 0 heterocycles. The minimum Gasteiger partial charge on any atom is -0.399 e. The highest BCUT2D eigenvalue weighted by Crippen LogP contribution is 2.38. The summed E-state index contributed by atoms with van der Waals surface area (Å²) in [6.07, 6.45) is 3.81. The first-order chi connectivity index (χ1) is 8.74. The van der Waals surface area contributed by atoms with Gasteiger partial charge in [0.15, 0.2) is 0 Å². The van der Waals surface area contributed by atoms with Gasteiger partial charge in [0.25, 0.3) is 0 Å². The van der Waals surface area contributed by atoms with Crippen LogP contribution in [0.4, 0.5) is 10.1 Å². The molecule has 1 aliphatic carbocycles. The van der Waals surface area contributed by atoms with Crippen LogP contribution in [-0.4, -0.2) is 0 Å². The topological polar surface area (TPSA) is 26.0 Å². The molecule has 1 saturated carbocycles. The van der Waals surface area contributed by atoms with Crippen molar-refractivity contribution in [3.63, 3.8) is 0 Å². The number of hydrogen-bond acceptors (Lipinski definition) is 1. The maximum Gasteiger partial charge on any atom is 0.131 e. The second kappa shape index (κ2) is 4.45. The van der Waals surface area contributed by atoms with E-state index in [0.29, 0.717) is 17.2 Å². The predicted molar refractivity (Wildman–Crippen MR) is 72.8 cm³/mol. The third kappa shape index (κ3) is 1.99. The lowest BCUT2D eigenvalue weighted by Crippen LogP contribution is -2.08. The zero-order valence-electron chi connectivity index (χ0n) is 10.2. The lowest BCUT2D eigenvalue weighted by atomic mass is 9.79. The minimum atomic E-state index is -0.213. The Balaban J connectivity index is 2.02. The maximum atomic E-state index is 13.8. The van der Waals surface area contributed by atoms with Gasteiger partial charge < -0.3 is 5.73 Å². The summed E-state index contributed by atoms with van der Waals surface area (Å²) in [7, 11) is 0. The van der Waals surface area contributed by atoms with Crippen molar-refractivity contribution in [3.8, 4) is 11.1 Å². The van der Waals surface area contributed by atoms with Gasteiger partial charge in [-0.1, -0.05) is 30.7 Å². The molecule has 2 N–H and O–H groups in total. The number of nitrogen functional groups attached to an aromatic ring is 1. The van der Waals surface area contributed by atoms with Crippen molar-refractivity contribution in [2.75, 3.05) is 5.73 Å². The Kier molecular flexibility index (Phi) is 2.78. The van der Waals surface area contributed by atoms with E-state index in [9.17, 15) is 4.39 Å². The Morgan fingerprint density at radius 3 is 2.61 bits per heavy atom. The molecule has 3 rings (SSSR count). The van der Waals surface area contributed by atoms with Crippen molar-refractivity contribution in [1.29, 1.82) is 0 Å². The zero-order chi connectivity index (χ0) is 12.5. The Labute approximate surface area is 106 Å². The van der Waals surface area contributed by atoms with E-state index in [1.54, 1.807) is 12.1 Å². The van der Waals surface area contributed by atoms with Crippen LogP contribution in [0.15, 0.2) is 42.5 Å². The molecule has 2 aromatic rings. The average Bonchev–Trinajstić information content (AvgIpc) is 2.30. The first-order valence-electron chi connectivity index (χ1n) is 6.39. The Bertz CT molecular complexity index is 573. The van der Waals surface area contributed by atoms with E-state index in [1.807, 2.05) is 12.1 Å². The van der Waals surface area contributed by atoms with Crippen molar-refractivity contribution in [1.82, 2.24) is 0 Å². The van der Waals surface area contributed by atoms with E-state index in [0.717, 1.165) is 5.56 Å². The van der Waals surface area contributed by atoms with Crippen LogP contribution in [-0.2, 0) is 0 Å². The van der Waals surface area contributed by atoms with Gasteiger partial charge >= 0.3 is 0 Å². The number of halogens is 1. The summed E-state index contributed by atoms with van der Waals surface area (Å²) >= 11 is 0. The second-order valence-electron chi connectivity index (χ2n) is 4.99. The van der Waals surface area contributed by atoms with Crippen LogP contribution in [0.25, 0.3) is 11.1 Å². The molecule has 0 aliphatic heterocycles. The fourth-order valence-electron chi connectivity index (χ4n) is 2.47. The molecule has 0 unspecified atom stereocenters. The largest absolute Gasteiger partial charge is 0.399 e. The molecule has 2 aromatic carbocycles. The molecule has 1 fully saturated rings. The van der Waals surface area contributed by atoms with Crippen LogP contribution in [0.5, 0.6) is 0 Å². The third-order valence-corrected chi connectivity index (χ3v) is 3.76. The molecular formula is C16H16FN. The van der Waals surface area contributed by atoms with Crippen LogP contribution >= 0.6 is 0 Å². The first kappa shape index (κ1) is 11.3. The molecule has 0 aromatic heterocycles. The zero-order valence-corrected chi connectivity index (χ0v) is 10.2. The van der Waals surface area contributed by atoms with Crippen LogP contribution in [0, 0.1) is 5.82 Å². The summed E-state index contributed by atoms with van der Waals surface area (Å²) in [4.78, 5) is 0. The minimum absolute atomic E-state index is 0.213. The van der Waals surface area contributed by atoms with Gasteiger partial charge in [-0.05, 0) is 48.1 Å². The summed E-state index contributed by atoms with van der Waals surface area (Å²) in [6, 6.07) is 12.9. The normalized spacial score (nSPS) is 15.4. The van der Waals surface area contributed by atoms with E-state index in [1.165, 1.54) is 30.9 Å². The standard InChI is InChI=1S/C16H16FN/c17-16-8-7-14(18)10-15(16)13-6-2-5-12(9-13)11-3-1-4-11/h2,5-11H,1,3-4,18H2. The summed E-state index contributed by atoms with van der Waals surface area (Å²) in [5.41, 5.74) is 9.17. The van der Waals surface area contributed by atoms with Gasteiger partial charge in [0.1, 0.15) is 5.82 Å². The Morgan fingerprint density at radius 1 is 1.06 bits per heavy atom. The smallest absolute Gasteiger partial charge is 0.131 e. The molecule has 0 atom stereocenters. The quantitative estimate of drug-likeness (QED) is 0.777. The fourth-order valence-corrected chi connectivity index (χ4v) is 2.47. The number of rotatable bonds is 2. The number of anilines is 1. The van der Waals surface area contributed by atoms with Gasteiger partial charge in [-0.2, -0.15) is 0 Å². The van der Waals surface area contributed by atoms with Crippen molar-refractivity contribution in [2.45, 2.75) is 25.2 Å². The SMILES string of the molecule is Nc1ccc(F)c(-c2cccc(C3CCC3)c2)c1. The number of nitrogens with two attached hydrogens (primary N) is 1. The molecule has 18 heavy (non-hydrogen) atoms. The molecule has 1 aliphatic rings. The third-order valence-electron chi connectivity index (χ3n) is 3.76. The van der Waals surface area contributed by atoms with Gasteiger partial charge in [-0.3, -0.25) is 0 Å². The van der Waals surface area contributed by atoms with Crippen molar-refractivity contribution in [2.24, 2.45) is 0 Å². The van der Waals surface area contributed by atoms with Crippen molar-refractivity contribution >= 4 is 5.69 Å². The number of hydrogen-bond donors (Lipinski definition) is 1. The predicted octanol–water partition coefficient (Wildman–Crippen LogP) is 4.34. The Hall–Kier alpha value is -1.83. The fraction of sp³-hybridized carbons (Fsp3) is 0.250. The lowest BCUT2D eigenvalue weighted by Gasteiger charge is -2.26. The summed E-state index contributed by atoms with van der Waals surface area (Å²) in [5, 5.41) is 0. The highest BCUT2D eigenvalue weighted by atomic mass is 19.1. The van der Waals surface area contributed by atoms with Gasteiger partial charge in [0, 0.05) is 11.3 Å². The first-order valence-corrected chi connectivity index (χ1v) is 6.39. The van der Waals surface area contributed by atoms with Crippen LogP contribution in [0.1, 0.15) is 30.7 Å². The van der Waals surface area contributed by atoms with Gasteiger partial charge in [0.05, 0.1) is 0 Å². The molecule has 0 radical (unpaired) electrons. The number of benzene rings is 2. The molecule has 0 amide bonds. The van der Waals surface area contributed by atoms with Gasteiger partial charge in [-0.25, -0.2) is 4.39 Å². The summed E-state index contributed by atoms with van der Waals surface area (Å²) in [6.45, 7) is 0. The van der Waals surface area contributed by atoms with E-state index in [-0.39, 0.29) is 5.82 Å². The average molecular weight is 241 g/mol. The van der Waals surface area contributed by atoms with Crippen LogP contribution in [0.3, 0.4) is 0 Å². The van der Waals surface area contributed by atoms with Gasteiger partial charge in [-0.15, -0.1) is 0 Å². The molecule has 0 bridgehead atoms. The van der Waals surface area contributed by atoms with E-state index >= 15 is 0 Å². The summed E-state index contributed by atoms with van der Waals surface area (Å²) in [5.74, 6) is 0.448. The molecule has 2 heteroatoms. The highest BCUT2D eigenvalue weighted by Gasteiger charge is 2.19. The van der Waals surface area contributed by atoms with Gasteiger partial charge in [0.2, 0.25) is 0 Å². The van der Waals surface area contributed by atoms with E-state index in [4.69, 9.17) is 5.73 Å². The van der Waals surface area contributed by atoms with E-state index < -0.39 is 0 Å². The molecular weight excluding hydrogens is 225 g/mol. The lowest BCUT2D eigenvalue weighted by molar-refractivity contribution is 0.420. The van der Waals surface area contributed by atoms with Crippen LogP contribution in [0.2, 0.25) is 0 Å². The van der Waals surface area contributed by atoms with Crippen molar-refractivity contribution in [3.05, 3.63) is 53.8 Å². The summed E-state index contributed by atoms with van der Waals surface area (Å²) < 4.78 is 13.8. The van der Waals surface area contributed by atoms with Crippen LogP contribution < -0.4 is 5.73 Å². The molecule has 1 nitrogen and oxygen atoms in total. The molecule has 92 valence electrons. The molecule has 0 spiro atoms. The monoisotopic (exact) mass is 241 g/mol. The maximum absolute atomic E-state index is 13.8. The highest BCUT2D eigenvalue weighted by molar-refractivity contribution is 5.68. The van der Waals surface area contributed by atoms with E-state index in [2.05, 4.69) is 12.1 Å². The molecule has 0 saturated heterocycles. The van der Waals surface area contributed by atoms with Crippen molar-refractivity contribution < 1.29 is 4.39 Å².